The summed E-state index contributed by atoms with van der Waals surface area (Å²) < 4.78 is 6.45. The molecule has 24 heavy (non-hydrogen) atoms. The molecule has 1 heterocycles. The Morgan fingerprint density at radius 3 is 2.67 bits per heavy atom. The van der Waals surface area contributed by atoms with E-state index in [2.05, 4.69) is 4.74 Å². The van der Waals surface area contributed by atoms with Crippen molar-refractivity contribution in [3.05, 3.63) is 57.7 Å². The third-order valence-electron chi connectivity index (χ3n) is 3.74. The first-order valence-corrected chi connectivity index (χ1v) is 7.73. The quantitative estimate of drug-likeness (QED) is 0.682. The summed E-state index contributed by atoms with van der Waals surface area (Å²) in [5.74, 6) is -0.831. The fraction of sp³-hybridized carbons (Fsp3) is 0.118. The van der Waals surface area contributed by atoms with E-state index in [1.54, 1.807) is 29.0 Å². The standard InChI is InChI=1S/C17H13Cl2NO4/c1-24-17(23)12-5-9-2-3-20(14(9)7-15(12)21)8-10-4-11(18)6-13(19)16(10)22/h2-7,21-22H,8H2,1H3. The number of rotatable bonds is 3. The molecule has 0 radical (unpaired) electrons. The highest BCUT2D eigenvalue weighted by Crippen LogP contribution is 2.33. The number of phenolic OH excluding ortho intramolecular Hbond substituents is 2. The van der Waals surface area contributed by atoms with E-state index >= 15 is 0 Å². The molecular weight excluding hydrogens is 353 g/mol. The molecule has 124 valence electrons. The van der Waals surface area contributed by atoms with Crippen LogP contribution < -0.4 is 0 Å². The summed E-state index contributed by atoms with van der Waals surface area (Å²) in [7, 11) is 1.25. The minimum atomic E-state index is -0.610. The number of nitrogens with zero attached hydrogens (tertiary/aromatic N) is 1. The average Bonchev–Trinajstić information content (AvgIpc) is 2.92. The largest absolute Gasteiger partial charge is 0.507 e. The van der Waals surface area contributed by atoms with Gasteiger partial charge < -0.3 is 19.5 Å². The smallest absolute Gasteiger partial charge is 0.341 e. The molecule has 2 N–H and O–H groups in total. The van der Waals surface area contributed by atoms with Gasteiger partial charge in [-0.1, -0.05) is 23.2 Å². The van der Waals surface area contributed by atoms with E-state index in [4.69, 9.17) is 23.2 Å². The summed E-state index contributed by atoms with van der Waals surface area (Å²) in [6, 6.07) is 7.91. The van der Waals surface area contributed by atoms with Crippen molar-refractivity contribution < 1.29 is 19.7 Å². The summed E-state index contributed by atoms with van der Waals surface area (Å²) in [5, 5.41) is 21.5. The molecule has 5 nitrogen and oxygen atoms in total. The maximum Gasteiger partial charge on any atom is 0.341 e. The number of hydrogen-bond acceptors (Lipinski definition) is 4. The monoisotopic (exact) mass is 365 g/mol. The molecule has 0 atom stereocenters. The van der Waals surface area contributed by atoms with E-state index in [0.717, 1.165) is 5.39 Å². The molecule has 0 unspecified atom stereocenters. The Balaban J connectivity index is 2.06. The number of hydrogen-bond donors (Lipinski definition) is 2. The van der Waals surface area contributed by atoms with Crippen molar-refractivity contribution in [3.8, 4) is 11.5 Å². The van der Waals surface area contributed by atoms with Gasteiger partial charge in [-0.3, -0.25) is 0 Å². The summed E-state index contributed by atoms with van der Waals surface area (Å²) in [6.07, 6.45) is 1.78. The molecule has 2 aromatic carbocycles. The Morgan fingerprint density at radius 1 is 1.21 bits per heavy atom. The van der Waals surface area contributed by atoms with E-state index < -0.39 is 5.97 Å². The number of benzene rings is 2. The number of ether oxygens (including phenoxy) is 1. The van der Waals surface area contributed by atoms with Crippen LogP contribution in [-0.2, 0) is 11.3 Å². The highest BCUT2D eigenvalue weighted by molar-refractivity contribution is 6.35. The number of fused-ring (bicyclic) bond motifs is 1. The topological polar surface area (TPSA) is 71.7 Å². The van der Waals surface area contributed by atoms with E-state index in [9.17, 15) is 15.0 Å². The molecule has 3 aromatic rings. The molecular formula is C17H13Cl2NO4. The number of methoxy groups -OCH3 is 1. The van der Waals surface area contributed by atoms with Crippen molar-refractivity contribution in [2.24, 2.45) is 0 Å². The molecule has 1 aromatic heterocycles. The molecule has 0 amide bonds. The lowest BCUT2D eigenvalue weighted by Gasteiger charge is -2.10. The minimum absolute atomic E-state index is 0.0432. The second-order valence-electron chi connectivity index (χ2n) is 5.26. The number of carbonyl (C=O) groups excluding carboxylic acids is 1. The number of phenols is 2. The van der Waals surface area contributed by atoms with Crippen molar-refractivity contribution in [2.75, 3.05) is 7.11 Å². The van der Waals surface area contributed by atoms with Crippen LogP contribution in [0.15, 0.2) is 36.5 Å². The van der Waals surface area contributed by atoms with Crippen molar-refractivity contribution in [1.82, 2.24) is 4.57 Å². The Hall–Kier alpha value is -2.37. The molecule has 0 aliphatic heterocycles. The lowest BCUT2D eigenvalue weighted by molar-refractivity contribution is 0.0597. The lowest BCUT2D eigenvalue weighted by atomic mass is 10.1. The van der Waals surface area contributed by atoms with Crippen molar-refractivity contribution >= 4 is 40.1 Å². The van der Waals surface area contributed by atoms with Crippen LogP contribution in [0.5, 0.6) is 11.5 Å². The van der Waals surface area contributed by atoms with Crippen LogP contribution in [0.4, 0.5) is 0 Å². The molecule has 7 heteroatoms. The molecule has 0 aliphatic rings. The summed E-state index contributed by atoms with van der Waals surface area (Å²) in [5.41, 5.74) is 1.33. The zero-order valence-electron chi connectivity index (χ0n) is 12.6. The van der Waals surface area contributed by atoms with Crippen LogP contribution in [0, 0.1) is 0 Å². The van der Waals surface area contributed by atoms with Gasteiger partial charge in [-0.15, -0.1) is 0 Å². The highest BCUT2D eigenvalue weighted by atomic mass is 35.5. The van der Waals surface area contributed by atoms with Crippen molar-refractivity contribution in [2.45, 2.75) is 6.54 Å². The average molecular weight is 366 g/mol. The molecule has 3 rings (SSSR count). The van der Waals surface area contributed by atoms with E-state index in [1.165, 1.54) is 19.2 Å². The Kier molecular flexibility index (Phi) is 4.30. The van der Waals surface area contributed by atoms with Crippen molar-refractivity contribution in [1.29, 1.82) is 0 Å². The predicted molar refractivity (Wildman–Crippen MR) is 92.2 cm³/mol. The summed E-state index contributed by atoms with van der Waals surface area (Å²) >= 11 is 11.9. The van der Waals surface area contributed by atoms with Gasteiger partial charge in [0, 0.05) is 28.2 Å². The van der Waals surface area contributed by atoms with Crippen LogP contribution in [-0.4, -0.2) is 27.9 Å². The zero-order chi connectivity index (χ0) is 17.4. The lowest BCUT2D eigenvalue weighted by Crippen LogP contribution is -2.02. The summed E-state index contributed by atoms with van der Waals surface area (Å²) in [4.78, 5) is 11.6. The Bertz CT molecular complexity index is 949. The van der Waals surface area contributed by atoms with Crippen LogP contribution in [0.1, 0.15) is 15.9 Å². The molecule has 0 bridgehead atoms. The van der Waals surface area contributed by atoms with Crippen LogP contribution in [0.3, 0.4) is 0 Å². The van der Waals surface area contributed by atoms with Crippen LogP contribution in [0.2, 0.25) is 10.0 Å². The van der Waals surface area contributed by atoms with Gasteiger partial charge in [0.2, 0.25) is 0 Å². The van der Waals surface area contributed by atoms with Crippen LogP contribution >= 0.6 is 23.2 Å². The molecule has 0 saturated heterocycles. The molecule has 0 aliphatic carbocycles. The first kappa shape index (κ1) is 16.5. The molecule has 0 saturated carbocycles. The SMILES string of the molecule is COC(=O)c1cc2ccn(Cc3cc(Cl)cc(Cl)c3O)c2cc1O. The van der Waals surface area contributed by atoms with Gasteiger partial charge in [-0.25, -0.2) is 4.79 Å². The van der Waals surface area contributed by atoms with Crippen molar-refractivity contribution in [3.63, 3.8) is 0 Å². The van der Waals surface area contributed by atoms with Gasteiger partial charge in [0.15, 0.2) is 0 Å². The van der Waals surface area contributed by atoms with Crippen LogP contribution in [0.25, 0.3) is 10.9 Å². The second-order valence-corrected chi connectivity index (χ2v) is 6.10. The Morgan fingerprint density at radius 2 is 1.96 bits per heavy atom. The maximum absolute atomic E-state index is 11.6. The minimum Gasteiger partial charge on any atom is -0.507 e. The van der Waals surface area contributed by atoms with E-state index in [-0.39, 0.29) is 22.1 Å². The predicted octanol–water partition coefficient (Wildman–Crippen LogP) is 4.19. The fourth-order valence-corrected chi connectivity index (χ4v) is 3.10. The fourth-order valence-electron chi connectivity index (χ4n) is 2.56. The maximum atomic E-state index is 11.6. The highest BCUT2D eigenvalue weighted by Gasteiger charge is 2.15. The van der Waals surface area contributed by atoms with E-state index in [0.29, 0.717) is 22.6 Å². The number of halogens is 2. The van der Waals surface area contributed by atoms with Gasteiger partial charge in [0.05, 0.1) is 24.2 Å². The number of esters is 1. The van der Waals surface area contributed by atoms with E-state index in [1.807, 2.05) is 0 Å². The van der Waals surface area contributed by atoms with Gasteiger partial charge in [-0.2, -0.15) is 0 Å². The molecule has 0 fully saturated rings. The first-order valence-electron chi connectivity index (χ1n) is 6.97. The first-order chi connectivity index (χ1) is 11.4. The van der Waals surface area contributed by atoms with Gasteiger partial charge in [0.25, 0.3) is 0 Å². The Labute approximate surface area is 147 Å². The number of aromatic hydroxyl groups is 2. The normalized spacial score (nSPS) is 11.0. The van der Waals surface area contributed by atoms with Gasteiger partial charge in [-0.05, 0) is 24.3 Å². The number of aromatic nitrogens is 1. The third kappa shape index (κ3) is 2.88. The second kappa shape index (κ2) is 6.26. The molecule has 0 spiro atoms. The van der Waals surface area contributed by atoms with Gasteiger partial charge >= 0.3 is 5.97 Å². The third-order valence-corrected chi connectivity index (χ3v) is 4.25. The number of carbonyl (C=O) groups is 1. The zero-order valence-corrected chi connectivity index (χ0v) is 14.1. The van der Waals surface area contributed by atoms with Gasteiger partial charge in [0.1, 0.15) is 17.1 Å². The summed E-state index contributed by atoms with van der Waals surface area (Å²) in [6.45, 7) is 0.298.